The van der Waals surface area contributed by atoms with Crippen LogP contribution in [0, 0.1) is 0 Å². The number of carbonyl (C=O) groups is 3. The lowest BCUT2D eigenvalue weighted by Crippen LogP contribution is -2.47. The molecule has 0 spiro atoms. The summed E-state index contributed by atoms with van der Waals surface area (Å²) < 4.78 is 4.78. The third-order valence-corrected chi connectivity index (χ3v) is 2.45. The van der Waals surface area contributed by atoms with Gasteiger partial charge in [-0.15, -0.1) is 0 Å². The second kappa shape index (κ2) is 10.0. The van der Waals surface area contributed by atoms with Gasteiger partial charge in [-0.1, -0.05) is 0 Å². The number of hydrogen-bond acceptors (Lipinski definition) is 4. The highest BCUT2D eigenvalue weighted by Gasteiger charge is 2.19. The van der Waals surface area contributed by atoms with E-state index in [1.54, 1.807) is 13.8 Å². The molecule has 0 fully saturated rings. The molecule has 0 radical (unpaired) electrons. The van der Waals surface area contributed by atoms with Crippen molar-refractivity contribution in [2.24, 2.45) is 0 Å². The van der Waals surface area contributed by atoms with Crippen LogP contribution < -0.4 is 10.6 Å². The number of rotatable bonds is 9. The van der Waals surface area contributed by atoms with Crippen molar-refractivity contribution in [1.29, 1.82) is 0 Å². The van der Waals surface area contributed by atoms with Gasteiger partial charge >= 0.3 is 12.0 Å². The molecule has 3 N–H and O–H groups in total. The first-order valence-electron chi connectivity index (χ1n) is 6.40. The molecule has 0 heterocycles. The minimum Gasteiger partial charge on any atom is -0.480 e. The van der Waals surface area contributed by atoms with E-state index < -0.39 is 12.0 Å². The van der Waals surface area contributed by atoms with Gasteiger partial charge < -0.3 is 25.4 Å². The number of amides is 3. The Morgan fingerprint density at radius 3 is 2.35 bits per heavy atom. The van der Waals surface area contributed by atoms with E-state index in [1.165, 1.54) is 12.0 Å². The molecule has 0 aliphatic heterocycles. The van der Waals surface area contributed by atoms with Crippen molar-refractivity contribution in [3.63, 3.8) is 0 Å². The summed E-state index contributed by atoms with van der Waals surface area (Å²) >= 11 is 0. The van der Waals surface area contributed by atoms with Crippen LogP contribution in [-0.4, -0.2) is 67.3 Å². The number of carbonyl (C=O) groups excluding carboxylic acids is 2. The summed E-state index contributed by atoms with van der Waals surface area (Å²) in [7, 11) is 1.54. The van der Waals surface area contributed by atoms with Crippen LogP contribution in [-0.2, 0) is 14.3 Å². The molecule has 0 unspecified atom stereocenters. The van der Waals surface area contributed by atoms with E-state index >= 15 is 0 Å². The van der Waals surface area contributed by atoms with E-state index in [-0.39, 0.29) is 31.5 Å². The highest BCUT2D eigenvalue weighted by Crippen LogP contribution is 1.98. The Kier molecular flexibility index (Phi) is 9.10. The Labute approximate surface area is 118 Å². The first-order valence-corrected chi connectivity index (χ1v) is 6.40. The fraction of sp³-hybridized carbons (Fsp3) is 0.750. The quantitative estimate of drug-likeness (QED) is 0.503. The van der Waals surface area contributed by atoms with Crippen molar-refractivity contribution in [3.05, 3.63) is 0 Å². The number of carboxylic acids is 1. The molecule has 0 saturated heterocycles. The Morgan fingerprint density at radius 1 is 1.20 bits per heavy atom. The molecule has 8 heteroatoms. The summed E-state index contributed by atoms with van der Waals surface area (Å²) in [4.78, 5) is 35.0. The van der Waals surface area contributed by atoms with Gasteiger partial charge in [0.1, 0.15) is 6.54 Å². The Bertz CT molecular complexity index is 333. The fourth-order valence-electron chi connectivity index (χ4n) is 1.40. The fourth-order valence-corrected chi connectivity index (χ4v) is 1.40. The Morgan fingerprint density at radius 2 is 1.85 bits per heavy atom. The van der Waals surface area contributed by atoms with Gasteiger partial charge in [-0.2, -0.15) is 0 Å². The first-order chi connectivity index (χ1) is 9.38. The van der Waals surface area contributed by atoms with Crippen LogP contribution in [0.4, 0.5) is 4.79 Å². The first kappa shape index (κ1) is 18.2. The Hall–Kier alpha value is -1.83. The van der Waals surface area contributed by atoms with Crippen molar-refractivity contribution in [2.45, 2.75) is 26.3 Å². The number of nitrogens with zero attached hydrogens (tertiary/aromatic N) is 1. The molecule has 8 nitrogen and oxygen atoms in total. The van der Waals surface area contributed by atoms with Gasteiger partial charge in [-0.25, -0.2) is 4.79 Å². The molecule has 0 rings (SSSR count). The van der Waals surface area contributed by atoms with Gasteiger partial charge in [0, 0.05) is 32.7 Å². The number of carboxylic acid groups (broad SMARTS) is 1. The molecule has 0 aliphatic rings. The minimum absolute atomic E-state index is 0.133. The van der Waals surface area contributed by atoms with E-state index in [9.17, 15) is 14.4 Å². The number of methoxy groups -OCH3 is 1. The number of aliphatic carboxylic acids is 1. The molecule has 116 valence electrons. The number of ether oxygens (including phenoxy) is 1. The predicted molar refractivity (Wildman–Crippen MR) is 72.4 cm³/mol. The molecule has 0 aromatic rings. The molecule has 20 heavy (non-hydrogen) atoms. The zero-order chi connectivity index (χ0) is 15.5. The third kappa shape index (κ3) is 8.30. The summed E-state index contributed by atoms with van der Waals surface area (Å²) in [5, 5.41) is 13.9. The maximum absolute atomic E-state index is 11.8. The highest BCUT2D eigenvalue weighted by molar-refractivity contribution is 5.81. The average Bonchev–Trinajstić information content (AvgIpc) is 2.35. The van der Waals surface area contributed by atoms with Crippen molar-refractivity contribution in [1.82, 2.24) is 15.5 Å². The van der Waals surface area contributed by atoms with Gasteiger partial charge in [0.15, 0.2) is 0 Å². The topological polar surface area (TPSA) is 108 Å². The standard InChI is InChI=1S/C12H23N3O5/c1-9(2)15(8-11(17)18)12(19)14-5-4-10(16)13-6-7-20-3/h9H,4-8H2,1-3H3,(H,13,16)(H,14,19)(H,17,18). The summed E-state index contributed by atoms with van der Waals surface area (Å²) in [5.41, 5.74) is 0. The summed E-state index contributed by atoms with van der Waals surface area (Å²) in [5.74, 6) is -1.28. The number of hydrogen-bond donors (Lipinski definition) is 3. The monoisotopic (exact) mass is 289 g/mol. The molecule has 0 aliphatic carbocycles. The lowest BCUT2D eigenvalue weighted by Gasteiger charge is -2.25. The smallest absolute Gasteiger partial charge is 0.323 e. The van der Waals surface area contributed by atoms with Gasteiger partial charge in [0.2, 0.25) is 5.91 Å². The average molecular weight is 289 g/mol. The maximum Gasteiger partial charge on any atom is 0.323 e. The van der Waals surface area contributed by atoms with E-state index in [1.807, 2.05) is 0 Å². The second-order valence-electron chi connectivity index (χ2n) is 4.44. The van der Waals surface area contributed by atoms with Crippen molar-refractivity contribution < 1.29 is 24.2 Å². The lowest BCUT2D eigenvalue weighted by molar-refractivity contribution is -0.138. The molecule has 0 saturated carbocycles. The van der Waals surface area contributed by atoms with Crippen molar-refractivity contribution >= 4 is 17.9 Å². The van der Waals surface area contributed by atoms with Gasteiger partial charge in [-0.3, -0.25) is 9.59 Å². The zero-order valence-electron chi connectivity index (χ0n) is 12.1. The Balaban J connectivity index is 4.00. The molecule has 3 amide bonds. The van der Waals surface area contributed by atoms with Gasteiger partial charge in [0.25, 0.3) is 0 Å². The van der Waals surface area contributed by atoms with E-state index in [2.05, 4.69) is 10.6 Å². The van der Waals surface area contributed by atoms with E-state index in [0.717, 1.165) is 0 Å². The maximum atomic E-state index is 11.8. The largest absolute Gasteiger partial charge is 0.480 e. The highest BCUT2D eigenvalue weighted by atomic mass is 16.5. The molecular weight excluding hydrogens is 266 g/mol. The van der Waals surface area contributed by atoms with E-state index in [0.29, 0.717) is 13.2 Å². The SMILES string of the molecule is COCCNC(=O)CCNC(=O)N(CC(=O)O)C(C)C. The van der Waals surface area contributed by atoms with Crippen LogP contribution in [0.2, 0.25) is 0 Å². The zero-order valence-corrected chi connectivity index (χ0v) is 12.1. The van der Waals surface area contributed by atoms with E-state index in [4.69, 9.17) is 9.84 Å². The van der Waals surface area contributed by atoms with Crippen molar-refractivity contribution in [3.8, 4) is 0 Å². The van der Waals surface area contributed by atoms with Crippen LogP contribution in [0.25, 0.3) is 0 Å². The third-order valence-electron chi connectivity index (χ3n) is 2.45. The number of nitrogens with one attached hydrogen (secondary N) is 2. The predicted octanol–water partition coefficient (Wildman–Crippen LogP) is -0.356. The van der Waals surface area contributed by atoms with Crippen LogP contribution in [0.15, 0.2) is 0 Å². The molecule has 0 atom stereocenters. The minimum atomic E-state index is -1.08. The van der Waals surface area contributed by atoms with Crippen LogP contribution in [0.5, 0.6) is 0 Å². The molecule has 0 aromatic carbocycles. The molecular formula is C12H23N3O5. The lowest BCUT2D eigenvalue weighted by atomic mass is 10.3. The summed E-state index contributed by atoms with van der Waals surface area (Å²) in [6, 6.07) is -0.728. The van der Waals surface area contributed by atoms with Gasteiger partial charge in [-0.05, 0) is 13.8 Å². The van der Waals surface area contributed by atoms with Crippen LogP contribution >= 0.6 is 0 Å². The number of urea groups is 1. The van der Waals surface area contributed by atoms with Crippen molar-refractivity contribution in [2.75, 3.05) is 33.4 Å². The summed E-state index contributed by atoms with van der Waals surface area (Å²) in [6.45, 7) is 4.07. The molecule has 0 aromatic heterocycles. The van der Waals surface area contributed by atoms with Crippen LogP contribution in [0.3, 0.4) is 0 Å². The summed E-state index contributed by atoms with van der Waals surface area (Å²) in [6.07, 6.45) is 0.133. The molecule has 0 bridgehead atoms. The van der Waals surface area contributed by atoms with Crippen LogP contribution in [0.1, 0.15) is 20.3 Å². The normalized spacial score (nSPS) is 10.2. The van der Waals surface area contributed by atoms with Gasteiger partial charge in [0.05, 0.1) is 6.61 Å². The second-order valence-corrected chi connectivity index (χ2v) is 4.44.